The summed E-state index contributed by atoms with van der Waals surface area (Å²) in [5.74, 6) is 0.336. The normalized spacial score (nSPS) is 18.3. The van der Waals surface area contributed by atoms with E-state index in [9.17, 15) is 8.42 Å². The van der Waals surface area contributed by atoms with Gasteiger partial charge in [-0.15, -0.1) is 11.6 Å². The molecule has 1 aromatic heterocycles. The summed E-state index contributed by atoms with van der Waals surface area (Å²) >= 11 is 5.68. The van der Waals surface area contributed by atoms with Crippen LogP contribution in [0, 0.1) is 0 Å². The fourth-order valence-electron chi connectivity index (χ4n) is 2.28. The lowest BCUT2D eigenvalue weighted by Crippen LogP contribution is -2.48. The molecule has 0 aliphatic carbocycles. The Hall–Kier alpha value is -0.690. The minimum absolute atomic E-state index is 0.107. The summed E-state index contributed by atoms with van der Waals surface area (Å²) in [7, 11) is -3.47. The molecule has 5 nitrogen and oxygen atoms in total. The van der Waals surface area contributed by atoms with Crippen molar-refractivity contribution in [3.05, 3.63) is 23.9 Å². The number of alkyl halides is 1. The third-order valence-electron chi connectivity index (χ3n) is 3.43. The van der Waals surface area contributed by atoms with E-state index in [0.717, 1.165) is 31.6 Å². The molecule has 0 radical (unpaired) electrons. The molecule has 1 aromatic rings. The Balaban J connectivity index is 2.07. The predicted octanol–water partition coefficient (Wildman–Crippen LogP) is 1.54. The van der Waals surface area contributed by atoms with E-state index in [4.69, 9.17) is 11.6 Å². The summed E-state index contributed by atoms with van der Waals surface area (Å²) in [6, 6.07) is 3.24. The van der Waals surface area contributed by atoms with Crippen molar-refractivity contribution in [2.45, 2.75) is 24.3 Å². The molecular weight excluding hydrogens is 298 g/mol. The van der Waals surface area contributed by atoms with E-state index in [-0.39, 0.29) is 5.03 Å². The first kappa shape index (κ1) is 15.7. The topological polar surface area (TPSA) is 53.5 Å². The van der Waals surface area contributed by atoms with Gasteiger partial charge in [0.15, 0.2) is 5.03 Å². The van der Waals surface area contributed by atoms with Gasteiger partial charge in [0.1, 0.15) is 0 Å². The van der Waals surface area contributed by atoms with Crippen LogP contribution < -0.4 is 0 Å². The Morgan fingerprint density at radius 1 is 1.25 bits per heavy atom. The highest BCUT2D eigenvalue weighted by molar-refractivity contribution is 7.89. The van der Waals surface area contributed by atoms with Crippen molar-refractivity contribution in [2.24, 2.45) is 0 Å². The van der Waals surface area contributed by atoms with Crippen LogP contribution >= 0.6 is 11.6 Å². The summed E-state index contributed by atoms with van der Waals surface area (Å²) < 4.78 is 26.4. The monoisotopic (exact) mass is 317 g/mol. The predicted molar refractivity (Wildman–Crippen MR) is 79.3 cm³/mol. The molecule has 0 amide bonds. The second kappa shape index (κ2) is 6.85. The van der Waals surface area contributed by atoms with Gasteiger partial charge in [0.2, 0.25) is 0 Å². The van der Waals surface area contributed by atoms with Crippen LogP contribution in [-0.2, 0) is 15.9 Å². The number of aromatic nitrogens is 1. The summed E-state index contributed by atoms with van der Waals surface area (Å²) in [4.78, 5) is 6.31. The highest BCUT2D eigenvalue weighted by atomic mass is 35.5. The lowest BCUT2D eigenvalue weighted by molar-refractivity contribution is 0.188. The summed E-state index contributed by atoms with van der Waals surface area (Å²) in [6.45, 7) is 5.78. The van der Waals surface area contributed by atoms with Gasteiger partial charge in [-0.1, -0.05) is 13.0 Å². The molecule has 112 valence electrons. The summed E-state index contributed by atoms with van der Waals surface area (Å²) in [6.07, 6.45) is 2.61. The molecule has 1 aliphatic rings. The van der Waals surface area contributed by atoms with E-state index in [1.165, 1.54) is 16.6 Å². The SMILES string of the molecule is CCCN1CCN(S(=O)(=O)c2ccc(CCl)cn2)CC1. The number of rotatable bonds is 5. The largest absolute Gasteiger partial charge is 0.301 e. The van der Waals surface area contributed by atoms with Gasteiger partial charge in [-0.25, -0.2) is 13.4 Å². The zero-order chi connectivity index (χ0) is 14.6. The number of pyridine rings is 1. The Bertz CT molecular complexity index is 525. The standard InChI is InChI=1S/C13H20ClN3O2S/c1-2-5-16-6-8-17(9-7-16)20(18,19)13-4-3-12(10-14)11-15-13/h3-4,11H,2,5-10H2,1H3. The molecule has 0 saturated carbocycles. The molecule has 1 fully saturated rings. The van der Waals surface area contributed by atoms with Gasteiger partial charge in [-0.2, -0.15) is 4.31 Å². The average Bonchev–Trinajstić information content (AvgIpc) is 2.48. The third-order valence-corrected chi connectivity index (χ3v) is 5.55. The summed E-state index contributed by atoms with van der Waals surface area (Å²) in [5.41, 5.74) is 0.818. The lowest BCUT2D eigenvalue weighted by Gasteiger charge is -2.33. The van der Waals surface area contributed by atoms with E-state index < -0.39 is 10.0 Å². The molecular formula is C13H20ClN3O2S. The zero-order valence-corrected chi connectivity index (χ0v) is 13.2. The maximum absolute atomic E-state index is 12.5. The quantitative estimate of drug-likeness (QED) is 0.773. The van der Waals surface area contributed by atoms with Crippen LogP contribution in [0.15, 0.2) is 23.4 Å². The van der Waals surface area contributed by atoms with E-state index >= 15 is 0 Å². The zero-order valence-electron chi connectivity index (χ0n) is 11.6. The van der Waals surface area contributed by atoms with E-state index in [0.29, 0.717) is 19.0 Å². The minimum Gasteiger partial charge on any atom is -0.301 e. The average molecular weight is 318 g/mol. The van der Waals surface area contributed by atoms with E-state index in [1.807, 2.05) is 0 Å². The van der Waals surface area contributed by atoms with Crippen LogP contribution in [0.1, 0.15) is 18.9 Å². The van der Waals surface area contributed by atoms with Gasteiger partial charge in [0.25, 0.3) is 10.0 Å². The molecule has 1 saturated heterocycles. The van der Waals surface area contributed by atoms with Crippen molar-refractivity contribution in [1.29, 1.82) is 0 Å². The number of halogens is 1. The number of nitrogens with zero attached hydrogens (tertiary/aromatic N) is 3. The van der Waals surface area contributed by atoms with Crippen LogP contribution in [-0.4, -0.2) is 55.3 Å². The van der Waals surface area contributed by atoms with Crippen molar-refractivity contribution in [1.82, 2.24) is 14.2 Å². The second-order valence-corrected chi connectivity index (χ2v) is 7.04. The van der Waals surface area contributed by atoms with Gasteiger partial charge in [0.05, 0.1) is 0 Å². The molecule has 7 heteroatoms. The smallest absolute Gasteiger partial charge is 0.260 e. The first-order valence-corrected chi connectivity index (χ1v) is 8.78. The Kier molecular flexibility index (Phi) is 5.37. The van der Waals surface area contributed by atoms with E-state index in [2.05, 4.69) is 16.8 Å². The van der Waals surface area contributed by atoms with Gasteiger partial charge in [-0.3, -0.25) is 0 Å². The van der Waals surface area contributed by atoms with Crippen LogP contribution in [0.25, 0.3) is 0 Å². The van der Waals surface area contributed by atoms with Gasteiger partial charge < -0.3 is 4.90 Å². The van der Waals surface area contributed by atoms with Gasteiger partial charge in [0, 0.05) is 38.3 Å². The summed E-state index contributed by atoms with van der Waals surface area (Å²) in [5, 5.41) is 0.107. The molecule has 20 heavy (non-hydrogen) atoms. The van der Waals surface area contributed by atoms with Crippen LogP contribution in [0.3, 0.4) is 0 Å². The van der Waals surface area contributed by atoms with Crippen LogP contribution in [0.4, 0.5) is 0 Å². The maximum Gasteiger partial charge on any atom is 0.260 e. The molecule has 0 N–H and O–H groups in total. The number of hydrogen-bond donors (Lipinski definition) is 0. The molecule has 0 spiro atoms. The molecule has 0 atom stereocenters. The molecule has 0 unspecified atom stereocenters. The van der Waals surface area contributed by atoms with Crippen molar-refractivity contribution >= 4 is 21.6 Å². The number of hydrogen-bond acceptors (Lipinski definition) is 4. The van der Waals surface area contributed by atoms with Crippen molar-refractivity contribution in [2.75, 3.05) is 32.7 Å². The second-order valence-electron chi connectivity index (χ2n) is 4.88. The number of piperazine rings is 1. The fraction of sp³-hybridized carbons (Fsp3) is 0.615. The maximum atomic E-state index is 12.5. The molecule has 0 aromatic carbocycles. The molecule has 0 bridgehead atoms. The number of sulfonamides is 1. The highest BCUT2D eigenvalue weighted by Gasteiger charge is 2.29. The van der Waals surface area contributed by atoms with Crippen molar-refractivity contribution in [3.8, 4) is 0 Å². The third kappa shape index (κ3) is 3.49. The van der Waals surface area contributed by atoms with E-state index in [1.54, 1.807) is 6.07 Å². The van der Waals surface area contributed by atoms with Crippen molar-refractivity contribution < 1.29 is 8.42 Å². The van der Waals surface area contributed by atoms with Gasteiger partial charge >= 0.3 is 0 Å². The van der Waals surface area contributed by atoms with Crippen LogP contribution in [0.2, 0.25) is 0 Å². The molecule has 2 rings (SSSR count). The van der Waals surface area contributed by atoms with Crippen LogP contribution in [0.5, 0.6) is 0 Å². The van der Waals surface area contributed by atoms with Gasteiger partial charge in [-0.05, 0) is 24.6 Å². The van der Waals surface area contributed by atoms with Crippen molar-refractivity contribution in [3.63, 3.8) is 0 Å². The fourth-order valence-corrected chi connectivity index (χ4v) is 3.78. The molecule has 2 heterocycles. The Morgan fingerprint density at radius 2 is 1.95 bits per heavy atom. The first-order chi connectivity index (χ1) is 9.57. The molecule has 1 aliphatic heterocycles. The highest BCUT2D eigenvalue weighted by Crippen LogP contribution is 2.16. The minimum atomic E-state index is -3.47. The lowest BCUT2D eigenvalue weighted by atomic mass is 10.3. The Labute approximate surface area is 125 Å². The first-order valence-electron chi connectivity index (χ1n) is 6.81. The Morgan fingerprint density at radius 3 is 2.45 bits per heavy atom.